The van der Waals surface area contributed by atoms with Gasteiger partial charge >= 0.3 is 0 Å². The highest BCUT2D eigenvalue weighted by atomic mass is 16.3. The summed E-state index contributed by atoms with van der Waals surface area (Å²) in [5.74, 6) is 0.246. The van der Waals surface area contributed by atoms with E-state index in [4.69, 9.17) is 0 Å². The van der Waals surface area contributed by atoms with Crippen LogP contribution in [0.5, 0.6) is 5.75 Å². The normalized spacial score (nSPS) is 10.5. The summed E-state index contributed by atoms with van der Waals surface area (Å²) >= 11 is 0. The molecule has 1 amide bonds. The highest BCUT2D eigenvalue weighted by Crippen LogP contribution is 2.13. The van der Waals surface area contributed by atoms with Crippen molar-refractivity contribution in [2.45, 2.75) is 26.4 Å². The summed E-state index contributed by atoms with van der Waals surface area (Å²) in [4.78, 5) is 14.1. The van der Waals surface area contributed by atoms with Crippen LogP contribution in [-0.4, -0.2) is 27.5 Å². The Labute approximate surface area is 119 Å². The maximum absolute atomic E-state index is 12.4. The van der Waals surface area contributed by atoms with Crippen LogP contribution in [-0.2, 0) is 13.1 Å². The third kappa shape index (κ3) is 3.20. The number of nitrogens with zero attached hydrogens (tertiary/aromatic N) is 2. The molecule has 0 unspecified atom stereocenters. The van der Waals surface area contributed by atoms with Gasteiger partial charge in [0.25, 0.3) is 5.91 Å². The minimum absolute atomic E-state index is 0.0107. The molecule has 0 saturated carbocycles. The third-order valence-electron chi connectivity index (χ3n) is 3.22. The zero-order valence-corrected chi connectivity index (χ0v) is 11.9. The molecule has 4 nitrogen and oxygen atoms in total. The van der Waals surface area contributed by atoms with Crippen LogP contribution in [0.2, 0.25) is 0 Å². The first-order valence-corrected chi connectivity index (χ1v) is 6.80. The van der Waals surface area contributed by atoms with Gasteiger partial charge in [0.05, 0.1) is 0 Å². The summed E-state index contributed by atoms with van der Waals surface area (Å²) in [5, 5.41) is 9.26. The minimum Gasteiger partial charge on any atom is -0.508 e. The van der Waals surface area contributed by atoms with E-state index in [1.165, 1.54) is 0 Å². The van der Waals surface area contributed by atoms with E-state index in [9.17, 15) is 9.90 Å². The van der Waals surface area contributed by atoms with E-state index in [0.29, 0.717) is 12.2 Å². The van der Waals surface area contributed by atoms with Crippen molar-refractivity contribution >= 4 is 5.91 Å². The van der Waals surface area contributed by atoms with Crippen LogP contribution >= 0.6 is 0 Å². The van der Waals surface area contributed by atoms with E-state index >= 15 is 0 Å². The molecule has 1 heterocycles. The highest BCUT2D eigenvalue weighted by Gasteiger charge is 2.15. The molecule has 1 N–H and O–H groups in total. The molecule has 0 saturated heterocycles. The topological polar surface area (TPSA) is 45.5 Å². The molecule has 0 fully saturated rings. The Morgan fingerprint density at radius 1 is 1.25 bits per heavy atom. The third-order valence-corrected chi connectivity index (χ3v) is 3.22. The van der Waals surface area contributed by atoms with Crippen LogP contribution < -0.4 is 0 Å². The maximum atomic E-state index is 12.4. The van der Waals surface area contributed by atoms with Crippen LogP contribution in [0, 0.1) is 0 Å². The summed E-state index contributed by atoms with van der Waals surface area (Å²) in [6.45, 7) is 3.46. The number of carbonyl (C=O) groups excluding carboxylic acids is 1. The largest absolute Gasteiger partial charge is 0.508 e. The molecule has 0 aliphatic carbocycles. The molecule has 0 bridgehead atoms. The Bertz CT molecular complexity index is 572. The molecule has 0 radical (unpaired) electrons. The molecule has 1 aromatic heterocycles. The zero-order valence-electron chi connectivity index (χ0n) is 11.9. The van der Waals surface area contributed by atoms with Gasteiger partial charge in [0.2, 0.25) is 0 Å². The van der Waals surface area contributed by atoms with Crippen molar-refractivity contribution in [1.29, 1.82) is 0 Å². The van der Waals surface area contributed by atoms with Crippen molar-refractivity contribution in [2.75, 3.05) is 7.05 Å². The number of hydrogen-bond donors (Lipinski definition) is 1. The van der Waals surface area contributed by atoms with Crippen molar-refractivity contribution in [3.63, 3.8) is 0 Å². The minimum atomic E-state index is 0.0107. The number of phenols is 1. The smallest absolute Gasteiger partial charge is 0.270 e. The first kappa shape index (κ1) is 14.2. The molecule has 0 aliphatic rings. The molecular weight excluding hydrogens is 252 g/mol. The molecule has 106 valence electrons. The van der Waals surface area contributed by atoms with Gasteiger partial charge in [0, 0.05) is 26.3 Å². The molecule has 20 heavy (non-hydrogen) atoms. The van der Waals surface area contributed by atoms with E-state index in [2.05, 4.69) is 6.92 Å². The Kier molecular flexibility index (Phi) is 4.45. The van der Waals surface area contributed by atoms with E-state index in [-0.39, 0.29) is 11.7 Å². The number of hydrogen-bond acceptors (Lipinski definition) is 2. The summed E-state index contributed by atoms with van der Waals surface area (Å²) in [5.41, 5.74) is 1.71. The number of benzene rings is 1. The summed E-state index contributed by atoms with van der Waals surface area (Å²) in [6.07, 6.45) is 2.93. The fourth-order valence-corrected chi connectivity index (χ4v) is 2.19. The van der Waals surface area contributed by atoms with E-state index in [1.807, 2.05) is 35.0 Å². The summed E-state index contributed by atoms with van der Waals surface area (Å²) < 4.78 is 1.98. The predicted octanol–water partition coefficient (Wildman–Crippen LogP) is 2.88. The zero-order chi connectivity index (χ0) is 14.5. The standard InChI is InChI=1S/C16H20N2O2/c1-3-10-18-11-4-5-15(18)16(20)17(2)12-13-6-8-14(19)9-7-13/h4-9,11,19H,3,10,12H2,1-2H3. The Morgan fingerprint density at radius 2 is 1.95 bits per heavy atom. The van der Waals surface area contributed by atoms with Crippen molar-refractivity contribution in [1.82, 2.24) is 9.47 Å². The SMILES string of the molecule is CCCn1cccc1C(=O)N(C)Cc1ccc(O)cc1. The van der Waals surface area contributed by atoms with Gasteiger partial charge in [0.15, 0.2) is 0 Å². The fraction of sp³-hybridized carbons (Fsp3) is 0.312. The predicted molar refractivity (Wildman–Crippen MR) is 78.6 cm³/mol. The van der Waals surface area contributed by atoms with Crippen molar-refractivity contribution in [3.8, 4) is 5.75 Å². The lowest BCUT2D eigenvalue weighted by molar-refractivity contribution is 0.0774. The van der Waals surface area contributed by atoms with Crippen LogP contribution in [0.15, 0.2) is 42.6 Å². The average Bonchev–Trinajstić information content (AvgIpc) is 2.89. The number of phenolic OH excluding ortho intramolecular Hbond substituents is 1. The van der Waals surface area contributed by atoms with Gasteiger partial charge in [-0.3, -0.25) is 4.79 Å². The van der Waals surface area contributed by atoms with Crippen molar-refractivity contribution in [3.05, 3.63) is 53.9 Å². The van der Waals surface area contributed by atoms with E-state index < -0.39 is 0 Å². The molecule has 1 aromatic carbocycles. The molecule has 2 aromatic rings. The second-order valence-electron chi connectivity index (χ2n) is 4.91. The van der Waals surface area contributed by atoms with Crippen molar-refractivity contribution < 1.29 is 9.90 Å². The van der Waals surface area contributed by atoms with Crippen LogP contribution in [0.25, 0.3) is 0 Å². The van der Waals surface area contributed by atoms with Gasteiger partial charge in [0.1, 0.15) is 11.4 Å². The first-order valence-electron chi connectivity index (χ1n) is 6.80. The summed E-state index contributed by atoms with van der Waals surface area (Å²) in [7, 11) is 1.79. The number of rotatable bonds is 5. The Hall–Kier alpha value is -2.23. The summed E-state index contributed by atoms with van der Waals surface area (Å²) in [6, 6.07) is 10.7. The average molecular weight is 272 g/mol. The monoisotopic (exact) mass is 272 g/mol. The van der Waals surface area contributed by atoms with Crippen molar-refractivity contribution in [2.24, 2.45) is 0 Å². The Balaban J connectivity index is 2.08. The van der Waals surface area contributed by atoms with E-state index in [0.717, 1.165) is 18.5 Å². The van der Waals surface area contributed by atoms with Gasteiger partial charge in [-0.25, -0.2) is 0 Å². The van der Waals surface area contributed by atoms with Gasteiger partial charge in [-0.05, 0) is 36.2 Å². The van der Waals surface area contributed by atoms with E-state index in [1.54, 1.807) is 24.1 Å². The van der Waals surface area contributed by atoms with Gasteiger partial charge in [-0.2, -0.15) is 0 Å². The number of aromatic hydroxyl groups is 1. The maximum Gasteiger partial charge on any atom is 0.270 e. The molecule has 0 atom stereocenters. The second-order valence-corrected chi connectivity index (χ2v) is 4.91. The van der Waals surface area contributed by atoms with Gasteiger partial charge in [-0.15, -0.1) is 0 Å². The molecule has 4 heteroatoms. The molecule has 0 aliphatic heterocycles. The number of carbonyl (C=O) groups is 1. The second kappa shape index (κ2) is 6.28. The number of aromatic nitrogens is 1. The fourth-order valence-electron chi connectivity index (χ4n) is 2.19. The lowest BCUT2D eigenvalue weighted by Gasteiger charge is -2.18. The van der Waals surface area contributed by atoms with Crippen LogP contribution in [0.3, 0.4) is 0 Å². The lowest BCUT2D eigenvalue weighted by atomic mass is 10.2. The quantitative estimate of drug-likeness (QED) is 0.909. The lowest BCUT2D eigenvalue weighted by Crippen LogP contribution is -2.28. The molecule has 0 spiro atoms. The van der Waals surface area contributed by atoms with Gasteiger partial charge < -0.3 is 14.6 Å². The Morgan fingerprint density at radius 3 is 2.60 bits per heavy atom. The molecule has 2 rings (SSSR count). The van der Waals surface area contributed by atoms with Gasteiger partial charge in [-0.1, -0.05) is 19.1 Å². The van der Waals surface area contributed by atoms with Crippen LogP contribution in [0.4, 0.5) is 0 Å². The first-order chi connectivity index (χ1) is 9.61. The number of aryl methyl sites for hydroxylation is 1. The van der Waals surface area contributed by atoms with Crippen LogP contribution in [0.1, 0.15) is 29.4 Å². The number of amides is 1. The molecular formula is C16H20N2O2. The highest BCUT2D eigenvalue weighted by molar-refractivity contribution is 5.92.